The minimum absolute atomic E-state index is 0.147. The summed E-state index contributed by atoms with van der Waals surface area (Å²) in [5.41, 5.74) is 1.24. The van der Waals surface area contributed by atoms with E-state index in [1.165, 1.54) is 0 Å². The second kappa shape index (κ2) is 13.1. The van der Waals surface area contributed by atoms with Crippen LogP contribution in [0.5, 0.6) is 11.5 Å². The minimum Gasteiger partial charge on any atom is -0.497 e. The Kier molecular flexibility index (Phi) is 10.8. The summed E-state index contributed by atoms with van der Waals surface area (Å²) in [4.78, 5) is 12.9. The van der Waals surface area contributed by atoms with Crippen LogP contribution in [0.3, 0.4) is 0 Å². The number of carbonyl (C=O) groups is 1. The van der Waals surface area contributed by atoms with E-state index in [0.717, 1.165) is 38.5 Å². The van der Waals surface area contributed by atoms with E-state index in [1.54, 1.807) is 7.11 Å². The van der Waals surface area contributed by atoms with E-state index < -0.39 is 8.32 Å². The number of hydrogen-bond donors (Lipinski definition) is 1. The predicted molar refractivity (Wildman–Crippen MR) is 149 cm³/mol. The molecule has 0 saturated heterocycles. The number of hydrogen-bond acceptors (Lipinski definition) is 4. The molecule has 5 nitrogen and oxygen atoms in total. The minimum atomic E-state index is -1.86. The molecule has 1 aromatic carbocycles. The summed E-state index contributed by atoms with van der Waals surface area (Å²) in [5.74, 6) is 1.09. The van der Waals surface area contributed by atoms with E-state index in [0.29, 0.717) is 22.8 Å². The molecule has 1 unspecified atom stereocenters. The van der Waals surface area contributed by atoms with E-state index >= 15 is 0 Å². The molecule has 1 N–H and O–H groups in total. The fourth-order valence-electron chi connectivity index (χ4n) is 3.67. The summed E-state index contributed by atoms with van der Waals surface area (Å²) in [7, 11) is -0.248. The first-order chi connectivity index (χ1) is 16.5. The molecule has 1 amide bonds. The topological polar surface area (TPSA) is 56.8 Å². The zero-order valence-electron chi connectivity index (χ0n) is 22.8. The molecule has 35 heavy (non-hydrogen) atoms. The van der Waals surface area contributed by atoms with Gasteiger partial charge < -0.3 is 19.2 Å². The summed E-state index contributed by atoms with van der Waals surface area (Å²) >= 11 is 0. The van der Waals surface area contributed by atoms with Crippen LogP contribution in [0.4, 0.5) is 5.69 Å². The highest BCUT2D eigenvalue weighted by atomic mass is 28.4. The Hall–Kier alpha value is -2.31. The number of allylic oxidation sites excluding steroid dienone is 2. The van der Waals surface area contributed by atoms with Gasteiger partial charge in [0.15, 0.2) is 8.32 Å². The number of nitrogens with one attached hydrogen (secondary N) is 1. The van der Waals surface area contributed by atoms with Crippen LogP contribution < -0.4 is 14.8 Å². The van der Waals surface area contributed by atoms with E-state index in [1.807, 2.05) is 43.4 Å². The van der Waals surface area contributed by atoms with Gasteiger partial charge in [0.2, 0.25) is 0 Å². The monoisotopic (exact) mass is 499 g/mol. The van der Waals surface area contributed by atoms with Crippen molar-refractivity contribution < 1.29 is 18.7 Å². The van der Waals surface area contributed by atoms with Crippen molar-refractivity contribution in [3.8, 4) is 11.5 Å². The quantitative estimate of drug-likeness (QED) is 0.339. The molecule has 1 aliphatic heterocycles. The molecular weight excluding hydrogens is 454 g/mol. The Balaban J connectivity index is 2.26. The van der Waals surface area contributed by atoms with Gasteiger partial charge in [0.05, 0.1) is 12.8 Å². The van der Waals surface area contributed by atoms with Crippen LogP contribution in [-0.4, -0.2) is 33.5 Å². The number of rotatable bonds is 4. The van der Waals surface area contributed by atoms with Gasteiger partial charge >= 0.3 is 0 Å². The van der Waals surface area contributed by atoms with Crippen LogP contribution in [0, 0.1) is 0 Å². The highest BCUT2D eigenvalue weighted by molar-refractivity contribution is 6.74. The standard InChI is InChI=1S/C29H45NO4Si/c1-9-23-16-11-10-12-17-24(34-35(7,8)29(3,4)5)18-14-13-15-22(2)28(31)30-26-20-19-25(32-6)21-27(26)33-23/h9,13-15,19-21,23-24H,1,10-12,16-18H2,2-8H3,(H,30,31)/b14-13+,22-15+/t23?,24-/m0/s1. The van der Waals surface area contributed by atoms with E-state index in [9.17, 15) is 4.79 Å². The van der Waals surface area contributed by atoms with Crippen molar-refractivity contribution in [3.63, 3.8) is 0 Å². The van der Waals surface area contributed by atoms with Crippen LogP contribution >= 0.6 is 0 Å². The van der Waals surface area contributed by atoms with E-state index in [2.05, 4.69) is 51.8 Å². The molecule has 0 fully saturated rings. The lowest BCUT2D eigenvalue weighted by atomic mass is 10.0. The maximum Gasteiger partial charge on any atom is 0.251 e. The average Bonchev–Trinajstić information content (AvgIpc) is 2.79. The van der Waals surface area contributed by atoms with Crippen molar-refractivity contribution in [3.05, 3.63) is 54.7 Å². The van der Waals surface area contributed by atoms with Gasteiger partial charge in [-0.3, -0.25) is 4.79 Å². The molecular formula is C29H45NO4Si. The number of carbonyl (C=O) groups excluding carboxylic acids is 1. The molecule has 194 valence electrons. The van der Waals surface area contributed by atoms with Gasteiger partial charge in [-0.15, -0.1) is 0 Å². The third-order valence-corrected chi connectivity index (χ3v) is 11.5. The first-order valence-electron chi connectivity index (χ1n) is 12.8. The Morgan fingerprint density at radius 2 is 1.89 bits per heavy atom. The van der Waals surface area contributed by atoms with Gasteiger partial charge in [-0.25, -0.2) is 0 Å². The first kappa shape index (κ1) is 28.9. The largest absolute Gasteiger partial charge is 0.497 e. The third kappa shape index (κ3) is 9.01. The van der Waals surface area contributed by atoms with Crippen molar-refractivity contribution in [2.24, 2.45) is 0 Å². The maximum absolute atomic E-state index is 12.9. The van der Waals surface area contributed by atoms with Gasteiger partial charge in [0.25, 0.3) is 5.91 Å². The number of ether oxygens (including phenoxy) is 2. The van der Waals surface area contributed by atoms with Crippen molar-refractivity contribution in [1.82, 2.24) is 0 Å². The van der Waals surface area contributed by atoms with Crippen molar-refractivity contribution in [1.29, 1.82) is 0 Å². The first-order valence-corrected chi connectivity index (χ1v) is 15.7. The second-order valence-corrected chi connectivity index (χ2v) is 15.6. The number of methoxy groups -OCH3 is 1. The van der Waals surface area contributed by atoms with Crippen LogP contribution in [0.2, 0.25) is 18.1 Å². The van der Waals surface area contributed by atoms with Crippen molar-refractivity contribution >= 4 is 19.9 Å². The lowest BCUT2D eigenvalue weighted by molar-refractivity contribution is -0.112. The lowest BCUT2D eigenvalue weighted by Crippen LogP contribution is -2.43. The zero-order valence-corrected chi connectivity index (χ0v) is 23.8. The van der Waals surface area contributed by atoms with Gasteiger partial charge in [0, 0.05) is 17.7 Å². The SMILES string of the molecule is C=CC1CCCCC[C@H](O[Si](C)(C)C(C)(C)C)C/C=C/C=C(\C)C(=O)Nc2ccc(OC)cc2O1. The van der Waals surface area contributed by atoms with Gasteiger partial charge in [-0.1, -0.05) is 64.5 Å². The highest BCUT2D eigenvalue weighted by Crippen LogP contribution is 2.38. The smallest absolute Gasteiger partial charge is 0.251 e. The predicted octanol–water partition coefficient (Wildman–Crippen LogP) is 7.81. The molecule has 0 aliphatic carbocycles. The van der Waals surface area contributed by atoms with Gasteiger partial charge in [-0.2, -0.15) is 0 Å². The number of benzene rings is 1. The Bertz CT molecular complexity index is 914. The summed E-state index contributed by atoms with van der Waals surface area (Å²) in [6.07, 6.45) is 13.8. The molecule has 0 spiro atoms. The van der Waals surface area contributed by atoms with Crippen molar-refractivity contribution in [2.45, 2.75) is 96.6 Å². The fourth-order valence-corrected chi connectivity index (χ4v) is 5.07. The third-order valence-electron chi connectivity index (χ3n) is 7.00. The molecule has 1 aromatic rings. The summed E-state index contributed by atoms with van der Waals surface area (Å²) < 4.78 is 18.4. The number of amides is 1. The Labute approximate surface area is 213 Å². The van der Waals surface area contributed by atoms with Gasteiger partial charge in [0.1, 0.15) is 17.6 Å². The van der Waals surface area contributed by atoms with Crippen LogP contribution in [0.15, 0.2) is 54.7 Å². The molecule has 0 bridgehead atoms. The average molecular weight is 500 g/mol. The van der Waals surface area contributed by atoms with E-state index in [-0.39, 0.29) is 23.2 Å². The Morgan fingerprint density at radius 3 is 2.54 bits per heavy atom. The normalized spacial score (nSPS) is 23.5. The number of anilines is 1. The molecule has 1 aliphatic rings. The molecule has 2 atom stereocenters. The Morgan fingerprint density at radius 1 is 1.17 bits per heavy atom. The summed E-state index contributed by atoms with van der Waals surface area (Å²) in [6.45, 7) is 17.2. The van der Waals surface area contributed by atoms with Crippen LogP contribution in [0.1, 0.15) is 66.2 Å². The molecule has 6 heteroatoms. The highest BCUT2D eigenvalue weighted by Gasteiger charge is 2.38. The van der Waals surface area contributed by atoms with E-state index in [4.69, 9.17) is 13.9 Å². The maximum atomic E-state index is 12.9. The van der Waals surface area contributed by atoms with Crippen molar-refractivity contribution in [2.75, 3.05) is 12.4 Å². The second-order valence-electron chi connectivity index (χ2n) is 10.9. The lowest BCUT2D eigenvalue weighted by Gasteiger charge is -2.39. The molecule has 0 aromatic heterocycles. The molecule has 0 radical (unpaired) electrons. The zero-order chi connectivity index (χ0) is 26.1. The molecule has 2 rings (SSSR count). The molecule has 0 saturated carbocycles. The van der Waals surface area contributed by atoms with Gasteiger partial charge in [-0.05, 0) is 62.9 Å². The molecule has 1 heterocycles. The summed E-state index contributed by atoms with van der Waals surface area (Å²) in [5, 5.41) is 3.15. The van der Waals surface area contributed by atoms with Crippen LogP contribution in [-0.2, 0) is 9.22 Å². The summed E-state index contributed by atoms with van der Waals surface area (Å²) in [6, 6.07) is 5.43. The fraction of sp³-hybridized carbons (Fsp3) is 0.552. The van der Waals surface area contributed by atoms with Crippen LogP contribution in [0.25, 0.3) is 0 Å². The number of fused-ring (bicyclic) bond motifs is 1.